The molecule has 5 heterocycles. The lowest BCUT2D eigenvalue weighted by Crippen LogP contribution is -2.49. The van der Waals surface area contributed by atoms with Crippen molar-refractivity contribution in [1.82, 2.24) is 26.6 Å². The highest BCUT2D eigenvalue weighted by molar-refractivity contribution is 6.10. The number of aromatic carboxylic acids is 5. The van der Waals surface area contributed by atoms with Crippen molar-refractivity contribution in [2.24, 2.45) is 0 Å². The Morgan fingerprint density at radius 1 is 0.385 bits per heavy atom. The van der Waals surface area contributed by atoms with Crippen molar-refractivity contribution in [2.75, 3.05) is 64.3 Å². The molecule has 5 aromatic rings. The molecular formula is C59H57FN10O21. The maximum absolute atomic E-state index is 13.5. The molecule has 0 unspecified atom stereocenters. The fraction of sp³-hybridized carbons (Fsp3) is 0.237. The van der Waals surface area contributed by atoms with E-state index in [1.807, 2.05) is 0 Å². The minimum absolute atomic E-state index is 0.0421. The molecule has 0 saturated carbocycles. The maximum Gasteiger partial charge on any atom is 0.338 e. The van der Waals surface area contributed by atoms with Crippen LogP contribution in [0.25, 0.3) is 0 Å². The van der Waals surface area contributed by atoms with Crippen LogP contribution in [0.2, 0.25) is 0 Å². The number of carbonyl (C=O) groups is 15. The lowest BCUT2D eigenvalue weighted by Gasteiger charge is -2.28. The van der Waals surface area contributed by atoms with Gasteiger partial charge in [0.15, 0.2) is 0 Å². The number of urea groups is 5. The second-order valence-electron chi connectivity index (χ2n) is 19.9. The number of carbonyl (C=O) groups excluding carboxylic acids is 10. The van der Waals surface area contributed by atoms with Gasteiger partial charge in [-0.15, -0.1) is 0 Å². The first-order valence-electron chi connectivity index (χ1n) is 27.0. The summed E-state index contributed by atoms with van der Waals surface area (Å²) in [6.45, 7) is 6.22. The lowest BCUT2D eigenvalue weighted by molar-refractivity contribution is -0.121. The monoisotopic (exact) mass is 1260 g/mol. The van der Waals surface area contributed by atoms with Crippen LogP contribution in [0.1, 0.15) is 101 Å². The van der Waals surface area contributed by atoms with Crippen LogP contribution >= 0.6 is 0 Å². The number of ether oxygens (including phenoxy) is 1. The normalized spacial score (nSPS) is 15.4. The van der Waals surface area contributed by atoms with Gasteiger partial charge < -0.3 is 30.3 Å². The predicted molar refractivity (Wildman–Crippen MR) is 315 cm³/mol. The molecule has 0 radical (unpaired) electrons. The minimum atomic E-state index is -1.41. The molecule has 5 aliphatic rings. The van der Waals surface area contributed by atoms with Gasteiger partial charge in [0.1, 0.15) is 11.6 Å². The first-order valence-corrected chi connectivity index (χ1v) is 27.0. The Balaban J connectivity index is 0.000000181. The quantitative estimate of drug-likeness (QED) is 0.0809. The number of hydrogen-bond donors (Lipinski definition) is 10. The Morgan fingerprint density at radius 2 is 0.703 bits per heavy atom. The molecule has 0 atom stereocenters. The average Bonchev–Trinajstić information content (AvgIpc) is 0.993. The first-order chi connectivity index (χ1) is 43.0. The second kappa shape index (κ2) is 30.0. The van der Waals surface area contributed by atoms with Gasteiger partial charge in [-0.1, -0.05) is 18.2 Å². The first kappa shape index (κ1) is 68.0. The van der Waals surface area contributed by atoms with Gasteiger partial charge in [-0.2, -0.15) is 0 Å². The third-order valence-corrected chi connectivity index (χ3v) is 13.7. The summed E-state index contributed by atoms with van der Waals surface area (Å²) in [5.41, 5.74) is 3.95. The lowest BCUT2D eigenvalue weighted by atomic mass is 10.1. The van der Waals surface area contributed by atoms with E-state index in [-0.39, 0.29) is 122 Å². The van der Waals surface area contributed by atoms with E-state index >= 15 is 0 Å². The summed E-state index contributed by atoms with van der Waals surface area (Å²) in [6, 6.07) is 18.7. The Kier molecular flexibility index (Phi) is 22.4. The fourth-order valence-electron chi connectivity index (χ4n) is 9.01. The van der Waals surface area contributed by atoms with Crippen molar-refractivity contribution >= 4 is 118 Å². The van der Waals surface area contributed by atoms with Crippen molar-refractivity contribution in [3.05, 3.63) is 141 Å². The van der Waals surface area contributed by atoms with Crippen LogP contribution in [-0.2, 0) is 24.0 Å². The summed E-state index contributed by atoms with van der Waals surface area (Å²) in [6.07, 6.45) is 0.908. The number of anilines is 5. The highest BCUT2D eigenvalue weighted by Crippen LogP contribution is 2.32. The van der Waals surface area contributed by atoms with Gasteiger partial charge in [0.25, 0.3) is 0 Å². The number of methoxy groups -OCH3 is 1. The molecule has 5 fully saturated rings. The van der Waals surface area contributed by atoms with Crippen LogP contribution in [0.4, 0.5) is 56.8 Å². The van der Waals surface area contributed by atoms with Crippen LogP contribution in [0, 0.1) is 26.6 Å². The van der Waals surface area contributed by atoms with Gasteiger partial charge in [0.2, 0.25) is 29.5 Å². The van der Waals surface area contributed by atoms with Crippen molar-refractivity contribution in [3.8, 4) is 5.75 Å². The largest absolute Gasteiger partial charge is 0.495 e. The molecule has 476 valence electrons. The van der Waals surface area contributed by atoms with Crippen molar-refractivity contribution in [1.29, 1.82) is 0 Å². The van der Waals surface area contributed by atoms with E-state index in [2.05, 4.69) is 26.6 Å². The highest BCUT2D eigenvalue weighted by atomic mass is 19.1. The molecule has 5 aliphatic heterocycles. The summed E-state index contributed by atoms with van der Waals surface area (Å²) in [5.74, 6) is -7.85. The Hall–Kier alpha value is -12.1. The molecule has 5 saturated heterocycles. The number of carboxylic acid groups (broad SMARTS) is 5. The molecule has 32 heteroatoms. The minimum Gasteiger partial charge on any atom is -0.495 e. The number of nitrogens with zero attached hydrogens (tertiary/aromatic N) is 5. The summed E-state index contributed by atoms with van der Waals surface area (Å²) in [7, 11) is 1.42. The molecule has 10 rings (SSSR count). The standard InChI is InChI=1S/C12H11FN2O4.C12H12N2O5.2C12H12N2O4.C11H10N2O4/c1-6-4-8(13)7(11(17)18)5-9(6)15-3-2-10(16)14-12(15)19;1-19-9-3-2-7(11(16)17)6-8(9)14-5-4-10(15)13-12(14)18;2*1-7-2-3-8(11(16)17)6-9(7)14-5-4-10(15)13-12(14)18;14-9-4-5-13(11(17)12-9)8-3-1-2-7(6-8)10(15)16/h4-5H,2-3H2,1H3,(H,17,18)(H,14,16,19);2-3,6H,4-5H2,1H3,(H,16,17)(H,13,15,18);2*2-3,6H,4-5H2,1H3,(H,16,17)(H,13,15,18);1-3,6H,4-5H2,(H,15,16)(H,12,14,17). The summed E-state index contributed by atoms with van der Waals surface area (Å²) < 4.78 is 18.6. The van der Waals surface area contributed by atoms with Gasteiger partial charge in [0.05, 0.1) is 40.6 Å². The molecule has 5 aromatic carbocycles. The number of amides is 15. The number of imide groups is 5. The molecule has 0 bridgehead atoms. The van der Waals surface area contributed by atoms with Crippen LogP contribution in [-0.4, -0.2) is 155 Å². The number of benzene rings is 5. The number of aryl methyl sites for hydroxylation is 3. The van der Waals surface area contributed by atoms with E-state index in [0.29, 0.717) is 34.1 Å². The molecule has 0 aromatic heterocycles. The van der Waals surface area contributed by atoms with Gasteiger partial charge in [0, 0.05) is 87.6 Å². The Bertz CT molecular complexity index is 3760. The topological polar surface area (TPSA) is 443 Å². The zero-order chi connectivity index (χ0) is 67.1. The van der Waals surface area contributed by atoms with Crippen LogP contribution in [0.5, 0.6) is 5.75 Å². The van der Waals surface area contributed by atoms with Crippen LogP contribution in [0.3, 0.4) is 0 Å². The molecule has 31 nitrogen and oxygen atoms in total. The van der Waals surface area contributed by atoms with Crippen molar-refractivity contribution in [3.63, 3.8) is 0 Å². The van der Waals surface area contributed by atoms with Gasteiger partial charge in [-0.05, 0) is 110 Å². The predicted octanol–water partition coefficient (Wildman–Crippen LogP) is 5.23. The van der Waals surface area contributed by atoms with E-state index < -0.39 is 71.4 Å². The summed E-state index contributed by atoms with van der Waals surface area (Å²) in [5, 5.41) is 55.4. The number of halogens is 1. The molecular weight excluding hydrogens is 1200 g/mol. The smallest absolute Gasteiger partial charge is 0.338 e. The van der Waals surface area contributed by atoms with Gasteiger partial charge in [-0.25, -0.2) is 52.3 Å². The molecule has 0 aliphatic carbocycles. The van der Waals surface area contributed by atoms with Crippen molar-refractivity contribution < 1.29 is 107 Å². The third kappa shape index (κ3) is 17.5. The van der Waals surface area contributed by atoms with Crippen LogP contribution in [0.15, 0.2) is 91.0 Å². The zero-order valence-electron chi connectivity index (χ0n) is 48.6. The SMILES string of the molecule is COc1ccc(C(=O)O)cc1N1CCC(=O)NC1=O.Cc1cc(F)c(C(=O)O)cc1N1CCC(=O)NC1=O.Cc1ccc(C(=O)O)cc1N1CCC(=O)NC1=O.Cc1ccc(C(=O)O)cc1N1CCC(=O)NC1=O.O=C1CCN(c2cccc(C(=O)O)c2)C(=O)N1. The second-order valence-corrected chi connectivity index (χ2v) is 19.9. The fourth-order valence-corrected chi connectivity index (χ4v) is 9.01. The van der Waals surface area contributed by atoms with E-state index in [1.54, 1.807) is 45.0 Å². The van der Waals surface area contributed by atoms with E-state index in [0.717, 1.165) is 23.3 Å². The number of rotatable bonds is 11. The zero-order valence-corrected chi connectivity index (χ0v) is 48.6. The number of carboxylic acids is 5. The van der Waals surface area contributed by atoms with Crippen molar-refractivity contribution in [2.45, 2.75) is 52.9 Å². The summed E-state index contributed by atoms with van der Waals surface area (Å²) in [4.78, 5) is 175. The van der Waals surface area contributed by atoms with E-state index in [4.69, 9.17) is 30.3 Å². The van der Waals surface area contributed by atoms with Gasteiger partial charge in [-0.3, -0.25) is 75.1 Å². The highest BCUT2D eigenvalue weighted by Gasteiger charge is 2.31. The number of hydrogen-bond acceptors (Lipinski definition) is 16. The Morgan fingerprint density at radius 3 is 1.04 bits per heavy atom. The molecule has 0 spiro atoms. The van der Waals surface area contributed by atoms with E-state index in [9.17, 15) is 76.3 Å². The third-order valence-electron chi connectivity index (χ3n) is 13.7. The molecule has 10 N–H and O–H groups in total. The van der Waals surface area contributed by atoms with Gasteiger partial charge >= 0.3 is 60.0 Å². The number of nitrogens with one attached hydrogen (secondary N) is 5. The molecule has 15 amide bonds. The maximum atomic E-state index is 13.5. The molecule has 91 heavy (non-hydrogen) atoms. The average molecular weight is 1260 g/mol. The Labute approximate surface area is 513 Å². The van der Waals surface area contributed by atoms with Crippen LogP contribution < -0.4 is 55.8 Å². The van der Waals surface area contributed by atoms with E-state index in [1.165, 1.54) is 86.2 Å². The summed E-state index contributed by atoms with van der Waals surface area (Å²) >= 11 is 0.